The molecular weight excluding hydrogens is 474 g/mol. The van der Waals surface area contributed by atoms with E-state index in [0.29, 0.717) is 12.5 Å². The van der Waals surface area contributed by atoms with E-state index >= 15 is 0 Å². The first kappa shape index (κ1) is 22.8. The first-order valence-corrected chi connectivity index (χ1v) is 14.3. The first-order valence-electron chi connectivity index (χ1n) is 11.3. The van der Waals surface area contributed by atoms with Crippen molar-refractivity contribution in [2.75, 3.05) is 6.54 Å². The van der Waals surface area contributed by atoms with Crippen molar-refractivity contribution in [3.63, 3.8) is 0 Å². The number of thiazole rings is 1. The van der Waals surface area contributed by atoms with Gasteiger partial charge in [-0.2, -0.15) is 0 Å². The quantitative estimate of drug-likeness (QED) is 0.576. The standard InChI is InChI=1S/C24H32AsFN2O2S/c1-24(2,3)28(23(29)30)14-15-7-10-17(11-8-15)25-22-27-21-19-13-18(26)12-9-16(19)5-4-6-20(21)31-22/h9,12-13,15,17,25H,4-8,10-11,14H2,1-3H3,(H,29,30). The fourth-order valence-corrected chi connectivity index (χ4v) is 10.1. The van der Waals surface area contributed by atoms with Gasteiger partial charge in [-0.15, -0.1) is 0 Å². The molecule has 4 rings (SSSR count). The van der Waals surface area contributed by atoms with Crippen LogP contribution in [0.2, 0.25) is 4.71 Å². The van der Waals surface area contributed by atoms with E-state index < -0.39 is 6.09 Å². The second-order valence-electron chi connectivity index (χ2n) is 9.87. The zero-order valence-corrected chi connectivity index (χ0v) is 21.5. The molecule has 4 nitrogen and oxygen atoms in total. The number of nitrogens with zero attached hydrogens (tertiary/aromatic N) is 2. The van der Waals surface area contributed by atoms with Crippen molar-refractivity contribution < 1.29 is 14.3 Å². The Labute approximate surface area is 195 Å². The summed E-state index contributed by atoms with van der Waals surface area (Å²) in [7, 11) is 0. The van der Waals surface area contributed by atoms with E-state index in [0.717, 1.165) is 48.1 Å². The number of carbonyl (C=O) groups is 1. The Bertz CT molecular complexity index is 948. The van der Waals surface area contributed by atoms with Crippen LogP contribution >= 0.6 is 11.3 Å². The maximum atomic E-state index is 13.9. The molecule has 31 heavy (non-hydrogen) atoms. The summed E-state index contributed by atoms with van der Waals surface area (Å²) in [6.45, 7) is 6.54. The van der Waals surface area contributed by atoms with Crippen LogP contribution in [0.1, 0.15) is 63.3 Å². The zero-order chi connectivity index (χ0) is 22.2. The Balaban J connectivity index is 1.39. The number of carboxylic acid groups (broad SMARTS) is 1. The Morgan fingerprint density at radius 1 is 1.26 bits per heavy atom. The second-order valence-corrected chi connectivity index (χ2v) is 15.0. The molecule has 0 aliphatic heterocycles. The molecule has 2 aliphatic carbocycles. The third-order valence-corrected chi connectivity index (χ3v) is 11.5. The zero-order valence-electron chi connectivity index (χ0n) is 18.6. The average Bonchev–Trinajstić information content (AvgIpc) is 3.02. The van der Waals surface area contributed by atoms with Gasteiger partial charge in [0.05, 0.1) is 0 Å². The van der Waals surface area contributed by atoms with Crippen LogP contribution in [0.15, 0.2) is 18.2 Å². The summed E-state index contributed by atoms with van der Waals surface area (Å²) in [5.41, 5.74) is 2.90. The van der Waals surface area contributed by atoms with Crippen LogP contribution in [0.25, 0.3) is 11.3 Å². The summed E-state index contributed by atoms with van der Waals surface area (Å²) in [6, 6.07) is 5.15. The molecule has 0 bridgehead atoms. The fourth-order valence-electron chi connectivity index (χ4n) is 4.78. The number of aryl methyl sites for hydroxylation is 2. The molecule has 1 saturated carbocycles. The molecule has 1 heterocycles. The van der Waals surface area contributed by atoms with Crippen molar-refractivity contribution in [1.29, 1.82) is 0 Å². The number of hydrogen-bond acceptors (Lipinski definition) is 3. The van der Waals surface area contributed by atoms with Gasteiger partial charge in [-0.1, -0.05) is 0 Å². The van der Waals surface area contributed by atoms with Gasteiger partial charge >= 0.3 is 195 Å². The molecule has 1 N–H and O–H groups in total. The Morgan fingerprint density at radius 3 is 2.68 bits per heavy atom. The van der Waals surface area contributed by atoms with Crippen molar-refractivity contribution in [3.8, 4) is 11.3 Å². The van der Waals surface area contributed by atoms with Crippen molar-refractivity contribution in [3.05, 3.63) is 34.5 Å². The van der Waals surface area contributed by atoms with E-state index in [1.165, 1.54) is 27.1 Å². The molecule has 0 radical (unpaired) electrons. The molecule has 2 aliphatic rings. The molecule has 1 unspecified atom stereocenters. The van der Waals surface area contributed by atoms with Crippen LogP contribution in [-0.4, -0.2) is 48.9 Å². The van der Waals surface area contributed by atoms with E-state index in [-0.39, 0.29) is 27.1 Å². The molecule has 2 aromatic rings. The summed E-state index contributed by atoms with van der Waals surface area (Å²) in [6.07, 6.45) is 6.89. The maximum absolute atomic E-state index is 13.9. The van der Waals surface area contributed by atoms with E-state index in [2.05, 4.69) is 0 Å². The van der Waals surface area contributed by atoms with Gasteiger partial charge in [0.1, 0.15) is 0 Å². The molecule has 1 fully saturated rings. The normalized spacial score (nSPS) is 21.5. The van der Waals surface area contributed by atoms with Gasteiger partial charge < -0.3 is 0 Å². The summed E-state index contributed by atoms with van der Waals surface area (Å²) >= 11 is 1.53. The van der Waals surface area contributed by atoms with Gasteiger partial charge in [0.15, 0.2) is 0 Å². The van der Waals surface area contributed by atoms with E-state index in [4.69, 9.17) is 4.98 Å². The molecule has 1 amide bonds. The molecular formula is C24H32AsFN2O2S. The van der Waals surface area contributed by atoms with Gasteiger partial charge in [-0.25, -0.2) is 0 Å². The summed E-state index contributed by atoms with van der Waals surface area (Å²) in [5.74, 6) is 0.280. The van der Waals surface area contributed by atoms with Crippen LogP contribution in [0, 0.1) is 11.7 Å². The van der Waals surface area contributed by atoms with Gasteiger partial charge in [0.25, 0.3) is 0 Å². The van der Waals surface area contributed by atoms with E-state index in [1.807, 2.05) is 38.2 Å². The topological polar surface area (TPSA) is 53.4 Å². The number of fused-ring (bicyclic) bond motifs is 3. The number of halogens is 1. The summed E-state index contributed by atoms with van der Waals surface area (Å²) in [5, 5.41) is 9.58. The predicted octanol–water partition coefficient (Wildman–Crippen LogP) is 5.26. The van der Waals surface area contributed by atoms with Gasteiger partial charge in [0.2, 0.25) is 0 Å². The minimum atomic E-state index is -0.816. The van der Waals surface area contributed by atoms with Gasteiger partial charge in [0, 0.05) is 0 Å². The predicted molar refractivity (Wildman–Crippen MR) is 127 cm³/mol. The number of aromatic nitrogens is 1. The first-order chi connectivity index (χ1) is 14.7. The molecule has 0 spiro atoms. The van der Waals surface area contributed by atoms with Crippen LogP contribution in [0.4, 0.5) is 9.18 Å². The van der Waals surface area contributed by atoms with E-state index in [9.17, 15) is 14.3 Å². The third kappa shape index (κ3) is 5.34. The Hall–Kier alpha value is -1.39. The summed E-state index contributed by atoms with van der Waals surface area (Å²) in [4.78, 5) is 19.6. The van der Waals surface area contributed by atoms with Crippen molar-refractivity contribution in [2.24, 2.45) is 5.92 Å². The molecule has 1 atom stereocenters. The van der Waals surface area contributed by atoms with Crippen LogP contribution < -0.4 is 3.80 Å². The monoisotopic (exact) mass is 506 g/mol. The number of benzene rings is 1. The molecule has 168 valence electrons. The number of rotatable bonds is 4. The Morgan fingerprint density at radius 2 is 2.00 bits per heavy atom. The minimum absolute atomic E-state index is 0.179. The Kier molecular flexibility index (Phi) is 6.78. The summed E-state index contributed by atoms with van der Waals surface area (Å²) < 4.78 is 15.9. The van der Waals surface area contributed by atoms with E-state index in [1.54, 1.807) is 17.0 Å². The molecule has 0 saturated heterocycles. The van der Waals surface area contributed by atoms with Crippen molar-refractivity contribution >= 4 is 37.0 Å². The average molecular weight is 507 g/mol. The third-order valence-electron chi connectivity index (χ3n) is 6.53. The fraction of sp³-hybridized carbons (Fsp3) is 0.583. The van der Waals surface area contributed by atoms with Crippen molar-refractivity contribution in [2.45, 2.75) is 76.0 Å². The molecule has 7 heteroatoms. The van der Waals surface area contributed by atoms with Crippen LogP contribution in [0.3, 0.4) is 0 Å². The SMILES string of the molecule is CC(C)(C)N(CC1CCC([AsH]c2nc3c(s2)CCCc2ccc(F)cc2-3)CC1)C(=O)O. The second kappa shape index (κ2) is 9.23. The number of amides is 1. The molecule has 1 aromatic carbocycles. The van der Waals surface area contributed by atoms with Crippen LogP contribution in [0.5, 0.6) is 0 Å². The van der Waals surface area contributed by atoms with Gasteiger partial charge in [-0.05, 0) is 0 Å². The molecule has 1 aromatic heterocycles. The van der Waals surface area contributed by atoms with Gasteiger partial charge in [-0.3, -0.25) is 0 Å². The van der Waals surface area contributed by atoms with Crippen molar-refractivity contribution in [1.82, 2.24) is 9.88 Å². The van der Waals surface area contributed by atoms with Crippen LogP contribution in [-0.2, 0) is 12.8 Å². The number of hydrogen-bond donors (Lipinski definition) is 1.